The molecule has 116 valence electrons. The molecule has 0 unspecified atom stereocenters. The monoisotopic (exact) mass is 310 g/mol. The Morgan fingerprint density at radius 2 is 2.05 bits per heavy atom. The second-order valence-corrected chi connectivity index (χ2v) is 5.38. The molecule has 1 aliphatic rings. The van der Waals surface area contributed by atoms with Crippen LogP contribution in [0.2, 0.25) is 0 Å². The van der Waals surface area contributed by atoms with Crippen LogP contribution in [0.4, 0.5) is 13.2 Å². The minimum absolute atomic E-state index is 0.0434. The number of aryl methyl sites for hydroxylation is 1. The zero-order chi connectivity index (χ0) is 16.1. The molecule has 1 aromatic carbocycles. The van der Waals surface area contributed by atoms with Gasteiger partial charge in [0.15, 0.2) is 0 Å². The summed E-state index contributed by atoms with van der Waals surface area (Å²) in [6, 6.07) is 4.77. The maximum atomic E-state index is 12.8. The van der Waals surface area contributed by atoms with E-state index in [-0.39, 0.29) is 17.2 Å². The van der Waals surface area contributed by atoms with E-state index in [2.05, 4.69) is 5.10 Å². The number of benzene rings is 1. The molecule has 1 saturated carbocycles. The molecule has 0 saturated heterocycles. The molecule has 1 aromatic heterocycles. The van der Waals surface area contributed by atoms with E-state index in [1.807, 2.05) is 0 Å². The highest BCUT2D eigenvalue weighted by atomic mass is 19.4. The van der Waals surface area contributed by atoms with E-state index in [1.165, 1.54) is 16.8 Å². The molecule has 0 bridgehead atoms. The molecule has 2 aromatic rings. The van der Waals surface area contributed by atoms with Gasteiger partial charge >= 0.3 is 12.1 Å². The van der Waals surface area contributed by atoms with Crippen LogP contribution >= 0.6 is 0 Å². The van der Waals surface area contributed by atoms with Crippen molar-refractivity contribution in [1.29, 1.82) is 0 Å². The van der Waals surface area contributed by atoms with Gasteiger partial charge in [-0.05, 0) is 38.0 Å². The minimum atomic E-state index is -4.45. The molecule has 1 aliphatic carbocycles. The number of hydrogen-bond donors (Lipinski definition) is 1. The predicted molar refractivity (Wildman–Crippen MR) is 72.2 cm³/mol. The summed E-state index contributed by atoms with van der Waals surface area (Å²) in [5.74, 6) is -1.06. The number of nitrogens with zero attached hydrogens (tertiary/aromatic N) is 2. The van der Waals surface area contributed by atoms with Gasteiger partial charge in [0, 0.05) is 5.92 Å². The molecular weight excluding hydrogens is 297 g/mol. The van der Waals surface area contributed by atoms with Crippen LogP contribution in [-0.2, 0) is 6.18 Å². The van der Waals surface area contributed by atoms with E-state index < -0.39 is 17.7 Å². The Hall–Kier alpha value is -2.31. The van der Waals surface area contributed by atoms with Crippen molar-refractivity contribution in [3.63, 3.8) is 0 Å². The van der Waals surface area contributed by atoms with Crippen LogP contribution in [-0.4, -0.2) is 20.9 Å². The molecule has 1 heterocycles. The molecule has 7 heteroatoms. The quantitative estimate of drug-likeness (QED) is 0.938. The van der Waals surface area contributed by atoms with E-state index in [0.29, 0.717) is 11.4 Å². The number of carbonyl (C=O) groups is 1. The SMILES string of the molecule is Cc1nn(-c2cccc(C(F)(F)F)c2)c(C2CC2)c1C(=O)O. The van der Waals surface area contributed by atoms with Crippen LogP contribution in [0.5, 0.6) is 0 Å². The number of alkyl halides is 3. The lowest BCUT2D eigenvalue weighted by Gasteiger charge is -2.11. The van der Waals surface area contributed by atoms with Crippen molar-refractivity contribution < 1.29 is 23.1 Å². The predicted octanol–water partition coefficient (Wildman–Crippen LogP) is 3.78. The molecule has 0 aliphatic heterocycles. The zero-order valence-electron chi connectivity index (χ0n) is 11.7. The van der Waals surface area contributed by atoms with Gasteiger partial charge in [-0.3, -0.25) is 0 Å². The first-order valence-electron chi connectivity index (χ1n) is 6.79. The Morgan fingerprint density at radius 3 is 2.59 bits per heavy atom. The number of aromatic nitrogens is 2. The number of carboxylic acids is 1. The zero-order valence-corrected chi connectivity index (χ0v) is 11.7. The molecule has 22 heavy (non-hydrogen) atoms. The van der Waals surface area contributed by atoms with E-state index in [4.69, 9.17) is 0 Å². The van der Waals surface area contributed by atoms with Gasteiger partial charge in [-0.2, -0.15) is 18.3 Å². The smallest absolute Gasteiger partial charge is 0.416 e. The summed E-state index contributed by atoms with van der Waals surface area (Å²) in [5, 5.41) is 13.5. The van der Waals surface area contributed by atoms with E-state index in [1.54, 1.807) is 6.92 Å². The third-order valence-electron chi connectivity index (χ3n) is 3.69. The van der Waals surface area contributed by atoms with Gasteiger partial charge < -0.3 is 5.11 Å². The number of hydrogen-bond acceptors (Lipinski definition) is 2. The molecule has 0 atom stereocenters. The van der Waals surface area contributed by atoms with Gasteiger partial charge in [-0.15, -0.1) is 0 Å². The second kappa shape index (κ2) is 4.86. The Balaban J connectivity index is 2.17. The lowest BCUT2D eigenvalue weighted by Crippen LogP contribution is -2.09. The molecular formula is C15H13F3N2O2. The summed E-state index contributed by atoms with van der Waals surface area (Å²) in [6.45, 7) is 1.56. The fourth-order valence-electron chi connectivity index (χ4n) is 2.55. The van der Waals surface area contributed by atoms with Crippen molar-refractivity contribution in [2.24, 2.45) is 0 Å². The fourth-order valence-corrected chi connectivity index (χ4v) is 2.55. The Kier molecular flexibility index (Phi) is 3.23. The van der Waals surface area contributed by atoms with Crippen molar-refractivity contribution in [1.82, 2.24) is 9.78 Å². The number of carboxylic acid groups (broad SMARTS) is 1. The van der Waals surface area contributed by atoms with Crippen LogP contribution in [0, 0.1) is 6.92 Å². The number of halogens is 3. The molecule has 0 spiro atoms. The van der Waals surface area contributed by atoms with E-state index in [0.717, 1.165) is 25.0 Å². The lowest BCUT2D eigenvalue weighted by atomic mass is 10.1. The highest BCUT2D eigenvalue weighted by Crippen LogP contribution is 2.43. The summed E-state index contributed by atoms with van der Waals surface area (Å²) in [4.78, 5) is 11.4. The summed E-state index contributed by atoms with van der Waals surface area (Å²) in [6.07, 6.45) is -2.80. The third-order valence-corrected chi connectivity index (χ3v) is 3.69. The first kappa shape index (κ1) is 14.6. The molecule has 0 amide bonds. The third kappa shape index (κ3) is 2.47. The average Bonchev–Trinajstić information content (AvgIpc) is 3.20. The lowest BCUT2D eigenvalue weighted by molar-refractivity contribution is -0.137. The van der Waals surface area contributed by atoms with Crippen molar-refractivity contribution in [3.8, 4) is 5.69 Å². The van der Waals surface area contributed by atoms with Gasteiger partial charge in [0.2, 0.25) is 0 Å². The van der Waals surface area contributed by atoms with Crippen LogP contribution in [0.3, 0.4) is 0 Å². The van der Waals surface area contributed by atoms with E-state index >= 15 is 0 Å². The molecule has 0 radical (unpaired) electrons. The number of rotatable bonds is 3. The van der Waals surface area contributed by atoms with Crippen LogP contribution in [0.25, 0.3) is 5.69 Å². The maximum Gasteiger partial charge on any atom is 0.416 e. The average molecular weight is 310 g/mol. The van der Waals surface area contributed by atoms with Crippen LogP contribution in [0.15, 0.2) is 24.3 Å². The van der Waals surface area contributed by atoms with Crippen molar-refractivity contribution in [3.05, 3.63) is 46.8 Å². The summed E-state index contributed by atoms with van der Waals surface area (Å²) >= 11 is 0. The largest absolute Gasteiger partial charge is 0.478 e. The van der Waals surface area contributed by atoms with Gasteiger partial charge in [0.25, 0.3) is 0 Å². The highest BCUT2D eigenvalue weighted by Gasteiger charge is 2.35. The molecule has 1 N–H and O–H groups in total. The van der Waals surface area contributed by atoms with Gasteiger partial charge in [-0.25, -0.2) is 9.48 Å². The first-order chi connectivity index (χ1) is 10.3. The second-order valence-electron chi connectivity index (χ2n) is 5.38. The summed E-state index contributed by atoms with van der Waals surface area (Å²) < 4.78 is 39.9. The van der Waals surface area contributed by atoms with Crippen LogP contribution in [0.1, 0.15) is 46.1 Å². The topological polar surface area (TPSA) is 55.1 Å². The highest BCUT2D eigenvalue weighted by molar-refractivity contribution is 5.90. The molecule has 1 fully saturated rings. The van der Waals surface area contributed by atoms with Gasteiger partial charge in [-0.1, -0.05) is 6.07 Å². The summed E-state index contributed by atoms with van der Waals surface area (Å²) in [7, 11) is 0. The minimum Gasteiger partial charge on any atom is -0.478 e. The van der Waals surface area contributed by atoms with Gasteiger partial charge in [0.1, 0.15) is 5.56 Å². The molecule has 3 rings (SSSR count). The van der Waals surface area contributed by atoms with Crippen molar-refractivity contribution in [2.75, 3.05) is 0 Å². The Labute approximate surface area is 124 Å². The van der Waals surface area contributed by atoms with Crippen molar-refractivity contribution >= 4 is 5.97 Å². The van der Waals surface area contributed by atoms with E-state index in [9.17, 15) is 23.1 Å². The van der Waals surface area contributed by atoms with Crippen LogP contribution < -0.4 is 0 Å². The first-order valence-corrected chi connectivity index (χ1v) is 6.79. The number of aromatic carboxylic acids is 1. The normalized spacial score (nSPS) is 15.1. The standard InChI is InChI=1S/C15H13F3N2O2/c1-8-12(14(21)22)13(9-5-6-9)20(19-8)11-4-2-3-10(7-11)15(16,17)18/h2-4,7,9H,5-6H2,1H3,(H,21,22). The molecule has 4 nitrogen and oxygen atoms in total. The Bertz CT molecular complexity index is 746. The maximum absolute atomic E-state index is 12.8. The fraction of sp³-hybridized carbons (Fsp3) is 0.333. The van der Waals surface area contributed by atoms with Crippen molar-refractivity contribution in [2.45, 2.75) is 31.9 Å². The Morgan fingerprint density at radius 1 is 1.36 bits per heavy atom. The van der Waals surface area contributed by atoms with Gasteiger partial charge in [0.05, 0.1) is 22.6 Å². The summed E-state index contributed by atoms with van der Waals surface area (Å²) in [5.41, 5.74) is 0.347.